The Bertz CT molecular complexity index is 895. The molecule has 2 aromatic heterocycles. The van der Waals surface area contributed by atoms with Gasteiger partial charge in [0, 0.05) is 49.3 Å². The van der Waals surface area contributed by atoms with Gasteiger partial charge in [0.05, 0.1) is 6.54 Å². The summed E-state index contributed by atoms with van der Waals surface area (Å²) in [5.41, 5.74) is 8.41. The molecule has 0 bridgehead atoms. The predicted octanol–water partition coefficient (Wildman–Crippen LogP) is 2.22. The molecule has 0 unspecified atom stereocenters. The zero-order valence-electron chi connectivity index (χ0n) is 13.7. The van der Waals surface area contributed by atoms with Gasteiger partial charge in [-0.05, 0) is 23.6 Å². The number of likely N-dealkylation sites (N-methyl/N-ethyl adjacent to an activating group) is 1. The van der Waals surface area contributed by atoms with Gasteiger partial charge in [0.1, 0.15) is 0 Å². The Hall–Kier alpha value is -3.15. The van der Waals surface area contributed by atoms with E-state index in [9.17, 15) is 4.79 Å². The molecule has 122 valence electrons. The topological polar surface area (TPSA) is 77.0 Å². The second-order valence-corrected chi connectivity index (χ2v) is 5.66. The summed E-state index contributed by atoms with van der Waals surface area (Å²) >= 11 is 0. The fraction of sp³-hybridized carbons (Fsp3) is 0.167. The summed E-state index contributed by atoms with van der Waals surface area (Å²) in [5, 5.41) is 1.17. The molecule has 0 spiro atoms. The largest absolute Gasteiger partial charge is 0.368 e. The molecule has 0 aliphatic carbocycles. The summed E-state index contributed by atoms with van der Waals surface area (Å²) in [4.78, 5) is 21.7. The minimum absolute atomic E-state index is 0.0860. The normalized spacial score (nSPS) is 11.2. The quantitative estimate of drug-likeness (QED) is 0.748. The van der Waals surface area contributed by atoms with Gasteiger partial charge in [-0.1, -0.05) is 18.2 Å². The molecule has 24 heavy (non-hydrogen) atoms. The molecule has 0 saturated carbocycles. The number of carbonyl (C=O) groups is 1. The Morgan fingerprint density at radius 3 is 2.71 bits per heavy atom. The third-order valence-corrected chi connectivity index (χ3v) is 3.94. The first-order valence-electron chi connectivity index (χ1n) is 7.58. The molecule has 0 aliphatic heterocycles. The zero-order chi connectivity index (χ0) is 17.1. The van der Waals surface area contributed by atoms with E-state index in [0.29, 0.717) is 6.54 Å². The molecule has 0 aliphatic rings. The number of carbonyl (C=O) groups excluding carboxylic acids is 1. The highest BCUT2D eigenvalue weighted by molar-refractivity contribution is 5.91. The van der Waals surface area contributed by atoms with Crippen LogP contribution in [0.2, 0.25) is 0 Å². The van der Waals surface area contributed by atoms with Crippen LogP contribution in [0.4, 0.5) is 5.95 Å². The number of hydrogen-bond acceptors (Lipinski definition) is 4. The maximum Gasteiger partial charge on any atom is 0.246 e. The number of hydrogen-bond donors (Lipinski definition) is 1. The van der Waals surface area contributed by atoms with Gasteiger partial charge >= 0.3 is 0 Å². The molecule has 2 N–H and O–H groups in total. The highest BCUT2D eigenvalue weighted by Crippen LogP contribution is 2.19. The molecule has 6 heteroatoms. The number of benzene rings is 1. The van der Waals surface area contributed by atoms with Crippen molar-refractivity contribution in [2.45, 2.75) is 6.54 Å². The van der Waals surface area contributed by atoms with E-state index >= 15 is 0 Å². The number of nitrogens with zero attached hydrogens (tertiary/aromatic N) is 4. The Balaban J connectivity index is 1.71. The van der Waals surface area contributed by atoms with Crippen LogP contribution in [-0.2, 0) is 18.4 Å². The number of anilines is 1. The molecule has 0 saturated heterocycles. The first kappa shape index (κ1) is 15.7. The molecule has 0 radical (unpaired) electrons. The second kappa shape index (κ2) is 6.54. The van der Waals surface area contributed by atoms with Crippen LogP contribution in [0, 0.1) is 0 Å². The highest BCUT2D eigenvalue weighted by Gasteiger charge is 2.10. The smallest absolute Gasteiger partial charge is 0.246 e. The fourth-order valence-corrected chi connectivity index (χ4v) is 2.55. The average Bonchev–Trinajstić information content (AvgIpc) is 2.90. The SMILES string of the molecule is CN(Cc1cc2ccccc2n1C)C(=O)/C=C/c1cnc(N)nc1. The van der Waals surface area contributed by atoms with Crippen LogP contribution in [0.1, 0.15) is 11.3 Å². The standard InChI is InChI=1S/C18H19N5O/c1-22(17(24)8-7-13-10-20-18(19)21-11-13)12-15-9-14-5-3-4-6-16(14)23(15)2/h3-11H,12H2,1-2H3,(H2,19,20,21)/b8-7+. The Morgan fingerprint density at radius 1 is 1.29 bits per heavy atom. The van der Waals surface area contributed by atoms with Crippen molar-refractivity contribution in [3.05, 3.63) is 60.1 Å². The Morgan fingerprint density at radius 2 is 2.00 bits per heavy atom. The molecule has 1 amide bonds. The van der Waals surface area contributed by atoms with Crippen molar-refractivity contribution in [3.63, 3.8) is 0 Å². The third-order valence-electron chi connectivity index (χ3n) is 3.94. The fourth-order valence-electron chi connectivity index (χ4n) is 2.55. The summed E-state index contributed by atoms with van der Waals surface area (Å²) in [6, 6.07) is 10.3. The molecular weight excluding hydrogens is 302 g/mol. The van der Waals surface area contributed by atoms with Gasteiger partial charge in [-0.25, -0.2) is 9.97 Å². The van der Waals surface area contributed by atoms with Crippen molar-refractivity contribution < 1.29 is 4.79 Å². The van der Waals surface area contributed by atoms with E-state index in [4.69, 9.17) is 5.73 Å². The summed E-state index contributed by atoms with van der Waals surface area (Å²) in [7, 11) is 3.79. The van der Waals surface area contributed by atoms with Crippen LogP contribution in [0.15, 0.2) is 48.8 Å². The van der Waals surface area contributed by atoms with Crippen molar-refractivity contribution in [2.75, 3.05) is 12.8 Å². The van der Waals surface area contributed by atoms with Gasteiger partial charge in [0.2, 0.25) is 11.9 Å². The second-order valence-electron chi connectivity index (χ2n) is 5.66. The third kappa shape index (κ3) is 3.27. The molecule has 2 heterocycles. The summed E-state index contributed by atoms with van der Waals surface area (Å²) in [6.07, 6.45) is 6.35. The average molecular weight is 321 g/mol. The summed E-state index contributed by atoms with van der Waals surface area (Å²) in [6.45, 7) is 0.534. The lowest BCUT2D eigenvalue weighted by molar-refractivity contribution is -0.125. The molecule has 3 aromatic rings. The van der Waals surface area contributed by atoms with Gasteiger partial charge in [0.25, 0.3) is 0 Å². The Labute approximate surface area is 140 Å². The van der Waals surface area contributed by atoms with E-state index < -0.39 is 0 Å². The van der Waals surface area contributed by atoms with E-state index in [-0.39, 0.29) is 11.9 Å². The van der Waals surface area contributed by atoms with Crippen LogP contribution >= 0.6 is 0 Å². The molecule has 1 aromatic carbocycles. The lowest BCUT2D eigenvalue weighted by atomic mass is 10.2. The number of aryl methyl sites for hydroxylation is 1. The minimum Gasteiger partial charge on any atom is -0.368 e. The van der Waals surface area contributed by atoms with Crippen LogP contribution in [0.25, 0.3) is 17.0 Å². The lowest BCUT2D eigenvalue weighted by Crippen LogP contribution is -2.25. The molecule has 6 nitrogen and oxygen atoms in total. The molecule has 3 rings (SSSR count). The zero-order valence-corrected chi connectivity index (χ0v) is 13.7. The molecule has 0 fully saturated rings. The molecule has 0 atom stereocenters. The van der Waals surface area contributed by atoms with Crippen molar-refractivity contribution in [1.82, 2.24) is 19.4 Å². The van der Waals surface area contributed by atoms with E-state index in [1.165, 1.54) is 11.5 Å². The van der Waals surface area contributed by atoms with Crippen LogP contribution in [-0.4, -0.2) is 32.4 Å². The summed E-state index contributed by atoms with van der Waals surface area (Å²) < 4.78 is 2.11. The van der Waals surface area contributed by atoms with Gasteiger partial charge in [-0.2, -0.15) is 0 Å². The van der Waals surface area contributed by atoms with E-state index in [2.05, 4.69) is 32.7 Å². The van der Waals surface area contributed by atoms with Gasteiger partial charge < -0.3 is 15.2 Å². The van der Waals surface area contributed by atoms with Gasteiger partial charge in [-0.3, -0.25) is 4.79 Å². The first-order chi connectivity index (χ1) is 11.5. The predicted molar refractivity (Wildman–Crippen MR) is 94.9 cm³/mol. The maximum atomic E-state index is 12.3. The first-order valence-corrected chi connectivity index (χ1v) is 7.58. The van der Waals surface area contributed by atoms with E-state index in [1.54, 1.807) is 30.4 Å². The number of aromatic nitrogens is 3. The van der Waals surface area contributed by atoms with Gasteiger partial charge in [0.15, 0.2) is 0 Å². The highest BCUT2D eigenvalue weighted by atomic mass is 16.2. The van der Waals surface area contributed by atoms with Crippen LogP contribution in [0.5, 0.6) is 0 Å². The number of para-hydroxylation sites is 1. The number of nitrogen functional groups attached to an aromatic ring is 1. The molecular formula is C18H19N5O. The van der Waals surface area contributed by atoms with Gasteiger partial charge in [-0.15, -0.1) is 0 Å². The number of rotatable bonds is 4. The number of amides is 1. The summed E-state index contributed by atoms with van der Waals surface area (Å²) in [5.74, 6) is 0.128. The van der Waals surface area contributed by atoms with Crippen molar-refractivity contribution in [1.29, 1.82) is 0 Å². The Kier molecular flexibility index (Phi) is 4.29. The van der Waals surface area contributed by atoms with Crippen molar-refractivity contribution in [2.24, 2.45) is 7.05 Å². The monoisotopic (exact) mass is 321 g/mol. The lowest BCUT2D eigenvalue weighted by Gasteiger charge is -2.15. The van der Waals surface area contributed by atoms with E-state index in [0.717, 1.165) is 16.8 Å². The van der Waals surface area contributed by atoms with Crippen molar-refractivity contribution >= 4 is 28.8 Å². The van der Waals surface area contributed by atoms with Crippen LogP contribution in [0.3, 0.4) is 0 Å². The van der Waals surface area contributed by atoms with Crippen LogP contribution < -0.4 is 5.73 Å². The number of fused-ring (bicyclic) bond motifs is 1. The number of nitrogens with two attached hydrogens (primary N) is 1. The minimum atomic E-state index is -0.0860. The van der Waals surface area contributed by atoms with E-state index in [1.807, 2.05) is 19.2 Å². The van der Waals surface area contributed by atoms with Crippen molar-refractivity contribution in [3.8, 4) is 0 Å². The maximum absolute atomic E-state index is 12.3.